The Morgan fingerprint density at radius 3 is 3.00 bits per heavy atom. The minimum absolute atomic E-state index is 0.0227. The lowest BCUT2D eigenvalue weighted by atomic mass is 9.99. The molecule has 0 fully saturated rings. The van der Waals surface area contributed by atoms with E-state index in [1.54, 1.807) is 0 Å². The van der Waals surface area contributed by atoms with Crippen LogP contribution >= 0.6 is 0 Å². The van der Waals surface area contributed by atoms with Gasteiger partial charge in [0.15, 0.2) is 0 Å². The molecular weight excluding hydrogens is 266 g/mol. The first-order chi connectivity index (χ1) is 10.2. The lowest BCUT2D eigenvalue weighted by Gasteiger charge is -2.11. The molecule has 1 N–H and O–H groups in total. The number of aryl methyl sites for hydroxylation is 2. The molecule has 0 unspecified atom stereocenters. The number of nitrogens with one attached hydrogen (secondary N) is 1. The van der Waals surface area contributed by atoms with E-state index in [0.29, 0.717) is 18.3 Å². The largest absolute Gasteiger partial charge is 0.356 e. The molecule has 1 aromatic heterocycles. The summed E-state index contributed by atoms with van der Waals surface area (Å²) < 4.78 is 5.15. The molecule has 21 heavy (non-hydrogen) atoms. The molecule has 0 radical (unpaired) electrons. The second-order valence-corrected chi connectivity index (χ2v) is 5.26. The van der Waals surface area contributed by atoms with Crippen LogP contribution in [-0.4, -0.2) is 22.6 Å². The Morgan fingerprint density at radius 1 is 1.43 bits per heavy atom. The predicted octanol–water partition coefficient (Wildman–Crippen LogP) is 2.46. The van der Waals surface area contributed by atoms with Crippen molar-refractivity contribution < 1.29 is 9.32 Å². The number of hydrogen-bond donors (Lipinski definition) is 1. The number of carbonyl (C=O) groups excluding carboxylic acids is 1. The highest BCUT2D eigenvalue weighted by Gasteiger charge is 2.28. The summed E-state index contributed by atoms with van der Waals surface area (Å²) in [7, 11) is 0. The van der Waals surface area contributed by atoms with Gasteiger partial charge in [0.05, 0.1) is 5.92 Å². The van der Waals surface area contributed by atoms with Crippen LogP contribution in [-0.2, 0) is 17.6 Å². The molecule has 5 heteroatoms. The van der Waals surface area contributed by atoms with E-state index < -0.39 is 0 Å². The van der Waals surface area contributed by atoms with Crippen molar-refractivity contribution in [1.82, 2.24) is 15.5 Å². The van der Waals surface area contributed by atoms with Gasteiger partial charge >= 0.3 is 0 Å². The molecule has 1 atom stereocenters. The number of rotatable bonds is 4. The molecular formula is C16H19N3O2. The van der Waals surface area contributed by atoms with Crippen molar-refractivity contribution in [1.29, 1.82) is 0 Å². The molecule has 2 aromatic rings. The molecule has 3 rings (SSSR count). The normalized spacial score (nSPS) is 16.8. The highest BCUT2D eigenvalue weighted by molar-refractivity contribution is 5.85. The summed E-state index contributed by atoms with van der Waals surface area (Å²) in [6, 6.07) is 6.08. The topological polar surface area (TPSA) is 68.0 Å². The maximum Gasteiger partial charge on any atom is 0.227 e. The number of benzene rings is 1. The molecule has 1 heterocycles. The van der Waals surface area contributed by atoms with E-state index in [1.165, 1.54) is 5.56 Å². The van der Waals surface area contributed by atoms with Gasteiger partial charge in [-0.05, 0) is 37.0 Å². The van der Waals surface area contributed by atoms with Gasteiger partial charge in [-0.1, -0.05) is 24.2 Å². The second-order valence-electron chi connectivity index (χ2n) is 5.26. The number of carbonyl (C=O) groups is 1. The standard InChI is InChI=1S/C16H19N3O2/c1-3-14-18-15(19-21-14)11-6-7-12-10(9-11)5-8-13(12)16(20)17-4-2/h6-7,9,13H,3-5,8H2,1-2H3,(H,17,20)/t13-/m0/s1. The molecule has 1 amide bonds. The van der Waals surface area contributed by atoms with E-state index in [1.807, 2.05) is 26.0 Å². The first-order valence-electron chi connectivity index (χ1n) is 7.46. The summed E-state index contributed by atoms with van der Waals surface area (Å²) in [5.41, 5.74) is 3.30. The molecule has 1 aliphatic carbocycles. The SMILES string of the molecule is CCNC(=O)[C@H]1CCc2cc(-c3noc(CC)n3)ccc21. The maximum absolute atomic E-state index is 12.1. The van der Waals surface area contributed by atoms with Gasteiger partial charge in [-0.25, -0.2) is 0 Å². The smallest absolute Gasteiger partial charge is 0.227 e. The molecule has 1 aliphatic rings. The first-order valence-corrected chi connectivity index (χ1v) is 7.46. The van der Waals surface area contributed by atoms with Gasteiger partial charge in [-0.2, -0.15) is 4.98 Å². The number of hydrogen-bond acceptors (Lipinski definition) is 4. The maximum atomic E-state index is 12.1. The summed E-state index contributed by atoms with van der Waals surface area (Å²) in [6.45, 7) is 4.60. The third-order valence-electron chi connectivity index (χ3n) is 3.92. The highest BCUT2D eigenvalue weighted by atomic mass is 16.5. The zero-order valence-electron chi connectivity index (χ0n) is 12.3. The summed E-state index contributed by atoms with van der Waals surface area (Å²) in [4.78, 5) is 16.4. The van der Waals surface area contributed by atoms with Gasteiger partial charge in [0.25, 0.3) is 0 Å². The van der Waals surface area contributed by atoms with Gasteiger partial charge in [0, 0.05) is 18.5 Å². The molecule has 0 aliphatic heterocycles. The van der Waals surface area contributed by atoms with E-state index >= 15 is 0 Å². The number of fused-ring (bicyclic) bond motifs is 1. The summed E-state index contributed by atoms with van der Waals surface area (Å²) in [6.07, 6.45) is 2.53. The average molecular weight is 285 g/mol. The minimum Gasteiger partial charge on any atom is -0.356 e. The van der Waals surface area contributed by atoms with E-state index in [0.717, 1.165) is 30.4 Å². The van der Waals surface area contributed by atoms with Gasteiger partial charge in [0.1, 0.15) is 0 Å². The van der Waals surface area contributed by atoms with Crippen LogP contribution in [0, 0.1) is 0 Å². The molecule has 0 saturated heterocycles. The van der Waals surface area contributed by atoms with Crippen LogP contribution in [0.1, 0.15) is 43.2 Å². The number of amides is 1. The van der Waals surface area contributed by atoms with Crippen molar-refractivity contribution in [2.24, 2.45) is 0 Å². The third kappa shape index (κ3) is 2.55. The van der Waals surface area contributed by atoms with Crippen LogP contribution < -0.4 is 5.32 Å². The highest BCUT2D eigenvalue weighted by Crippen LogP contribution is 2.35. The molecule has 5 nitrogen and oxygen atoms in total. The van der Waals surface area contributed by atoms with Gasteiger partial charge in [0.2, 0.25) is 17.6 Å². The van der Waals surface area contributed by atoms with Crippen molar-refractivity contribution in [2.45, 2.75) is 39.0 Å². The molecule has 0 bridgehead atoms. The third-order valence-corrected chi connectivity index (χ3v) is 3.92. The quantitative estimate of drug-likeness (QED) is 0.937. The van der Waals surface area contributed by atoms with Crippen LogP contribution in [0.25, 0.3) is 11.4 Å². The average Bonchev–Trinajstić information content (AvgIpc) is 3.13. The van der Waals surface area contributed by atoms with E-state index in [2.05, 4.69) is 21.5 Å². The van der Waals surface area contributed by atoms with Gasteiger partial charge < -0.3 is 9.84 Å². The Balaban J connectivity index is 1.88. The van der Waals surface area contributed by atoms with Crippen molar-refractivity contribution in [3.05, 3.63) is 35.2 Å². The Hall–Kier alpha value is -2.17. The van der Waals surface area contributed by atoms with Crippen molar-refractivity contribution in [3.63, 3.8) is 0 Å². The number of likely N-dealkylation sites (N-methyl/N-ethyl adjacent to an activating group) is 1. The molecule has 1 aromatic carbocycles. The Labute approximate surface area is 123 Å². The lowest BCUT2D eigenvalue weighted by molar-refractivity contribution is -0.122. The van der Waals surface area contributed by atoms with Crippen LogP contribution in [0.2, 0.25) is 0 Å². The summed E-state index contributed by atoms with van der Waals surface area (Å²) in [5, 5.41) is 6.91. The Morgan fingerprint density at radius 2 is 2.29 bits per heavy atom. The first kappa shape index (κ1) is 13.8. The van der Waals surface area contributed by atoms with Crippen molar-refractivity contribution >= 4 is 5.91 Å². The predicted molar refractivity (Wildman–Crippen MR) is 78.9 cm³/mol. The molecule has 0 saturated carbocycles. The fourth-order valence-electron chi connectivity index (χ4n) is 2.84. The van der Waals surface area contributed by atoms with E-state index in [9.17, 15) is 4.79 Å². The zero-order chi connectivity index (χ0) is 14.8. The van der Waals surface area contributed by atoms with Gasteiger partial charge in [-0.3, -0.25) is 4.79 Å². The molecule has 110 valence electrons. The van der Waals surface area contributed by atoms with Gasteiger partial charge in [-0.15, -0.1) is 0 Å². The van der Waals surface area contributed by atoms with Crippen LogP contribution in [0.3, 0.4) is 0 Å². The fraction of sp³-hybridized carbons (Fsp3) is 0.438. The van der Waals surface area contributed by atoms with Crippen LogP contribution in [0.5, 0.6) is 0 Å². The number of aromatic nitrogens is 2. The zero-order valence-corrected chi connectivity index (χ0v) is 12.3. The second kappa shape index (κ2) is 5.68. The van der Waals surface area contributed by atoms with Crippen molar-refractivity contribution in [3.8, 4) is 11.4 Å². The fourth-order valence-corrected chi connectivity index (χ4v) is 2.84. The Bertz CT molecular complexity index is 663. The van der Waals surface area contributed by atoms with Crippen LogP contribution in [0.4, 0.5) is 0 Å². The summed E-state index contributed by atoms with van der Waals surface area (Å²) >= 11 is 0. The Kier molecular flexibility index (Phi) is 3.73. The minimum atomic E-state index is -0.0227. The van der Waals surface area contributed by atoms with Crippen molar-refractivity contribution in [2.75, 3.05) is 6.54 Å². The number of nitrogens with zero attached hydrogens (tertiary/aromatic N) is 2. The summed E-state index contributed by atoms with van der Waals surface area (Å²) in [5.74, 6) is 1.36. The van der Waals surface area contributed by atoms with Crippen LogP contribution in [0.15, 0.2) is 22.7 Å². The van der Waals surface area contributed by atoms with E-state index in [-0.39, 0.29) is 11.8 Å². The molecule has 0 spiro atoms. The monoisotopic (exact) mass is 285 g/mol. The van der Waals surface area contributed by atoms with E-state index in [4.69, 9.17) is 4.52 Å². The lowest BCUT2D eigenvalue weighted by Crippen LogP contribution is -2.27.